The maximum absolute atomic E-state index is 13.2. The number of methoxy groups -OCH3 is 1. The molecule has 1 fully saturated rings. The van der Waals surface area contributed by atoms with Crippen molar-refractivity contribution in [3.8, 4) is 5.75 Å². The molecule has 1 heterocycles. The standard InChI is InChI=1S/C23H20N2O5S/c1-30-20-10-8-16(13-19(20)25-21(26)11-12-22(25)27)31(28,29)24-18-9-7-15-6-5-14-3-2-4-17(18)23(14)15/h2-4,7-10,13,24H,5-6,11-12H2,1H3. The zero-order valence-corrected chi connectivity index (χ0v) is 17.7. The number of carbonyl (C=O) groups excluding carboxylic acids is 2. The van der Waals surface area contributed by atoms with E-state index in [0.29, 0.717) is 5.69 Å². The number of aryl methyl sites for hydroxylation is 2. The molecule has 0 atom stereocenters. The summed E-state index contributed by atoms with van der Waals surface area (Å²) < 4.78 is 34.4. The number of hydrogen-bond acceptors (Lipinski definition) is 5. The molecule has 0 aromatic heterocycles. The number of imide groups is 1. The predicted molar refractivity (Wildman–Crippen MR) is 117 cm³/mol. The van der Waals surface area contributed by atoms with Gasteiger partial charge in [-0.2, -0.15) is 0 Å². The number of benzene rings is 3. The molecule has 2 amide bonds. The van der Waals surface area contributed by atoms with Crippen LogP contribution in [0.2, 0.25) is 0 Å². The molecule has 8 heteroatoms. The minimum Gasteiger partial charge on any atom is -0.495 e. The van der Waals surface area contributed by atoms with Crippen molar-refractivity contribution in [1.82, 2.24) is 0 Å². The van der Waals surface area contributed by atoms with Gasteiger partial charge in [0.2, 0.25) is 11.8 Å². The van der Waals surface area contributed by atoms with Gasteiger partial charge in [-0.05, 0) is 53.6 Å². The summed E-state index contributed by atoms with van der Waals surface area (Å²) in [7, 11) is -2.57. The maximum Gasteiger partial charge on any atom is 0.261 e. The molecule has 0 spiro atoms. The molecule has 158 valence electrons. The number of carbonyl (C=O) groups is 2. The molecule has 1 aliphatic carbocycles. The molecular weight excluding hydrogens is 416 g/mol. The Kier molecular flexibility index (Phi) is 4.48. The monoisotopic (exact) mass is 436 g/mol. The molecule has 0 bridgehead atoms. The van der Waals surface area contributed by atoms with E-state index in [4.69, 9.17) is 4.74 Å². The summed E-state index contributed by atoms with van der Waals surface area (Å²) in [6.45, 7) is 0. The van der Waals surface area contributed by atoms with E-state index in [1.807, 2.05) is 18.2 Å². The van der Waals surface area contributed by atoms with Gasteiger partial charge in [0.05, 0.1) is 23.4 Å². The zero-order valence-electron chi connectivity index (χ0n) is 16.8. The van der Waals surface area contributed by atoms with Crippen LogP contribution in [0.3, 0.4) is 0 Å². The normalized spacial score (nSPS) is 15.7. The van der Waals surface area contributed by atoms with Crippen molar-refractivity contribution in [1.29, 1.82) is 0 Å². The lowest BCUT2D eigenvalue weighted by Crippen LogP contribution is -2.29. The first-order valence-corrected chi connectivity index (χ1v) is 11.5. The highest BCUT2D eigenvalue weighted by atomic mass is 32.2. The number of hydrogen-bond donors (Lipinski definition) is 1. The van der Waals surface area contributed by atoms with Gasteiger partial charge in [0, 0.05) is 18.2 Å². The van der Waals surface area contributed by atoms with Gasteiger partial charge in [0.15, 0.2) is 0 Å². The summed E-state index contributed by atoms with van der Waals surface area (Å²) in [4.78, 5) is 25.4. The van der Waals surface area contributed by atoms with Gasteiger partial charge in [-0.1, -0.05) is 24.3 Å². The average Bonchev–Trinajstić information content (AvgIpc) is 3.33. The third-order valence-electron chi connectivity index (χ3n) is 5.87. The Labute approximate surface area is 179 Å². The fourth-order valence-electron chi connectivity index (χ4n) is 4.40. The molecule has 3 aromatic carbocycles. The molecule has 1 N–H and O–H groups in total. The largest absolute Gasteiger partial charge is 0.495 e. The molecule has 3 aromatic rings. The number of nitrogens with one attached hydrogen (secondary N) is 1. The minimum atomic E-state index is -3.98. The second-order valence-electron chi connectivity index (χ2n) is 7.67. The van der Waals surface area contributed by atoms with Crippen molar-refractivity contribution in [2.24, 2.45) is 0 Å². The van der Waals surface area contributed by atoms with E-state index in [2.05, 4.69) is 10.8 Å². The summed E-state index contributed by atoms with van der Waals surface area (Å²) in [6, 6.07) is 13.8. The molecule has 31 heavy (non-hydrogen) atoms. The Morgan fingerprint density at radius 2 is 1.61 bits per heavy atom. The van der Waals surface area contributed by atoms with Crippen LogP contribution in [0.25, 0.3) is 10.8 Å². The highest BCUT2D eigenvalue weighted by Crippen LogP contribution is 2.37. The quantitative estimate of drug-likeness (QED) is 0.619. The van der Waals surface area contributed by atoms with Crippen molar-refractivity contribution in [2.45, 2.75) is 30.6 Å². The van der Waals surface area contributed by atoms with Crippen LogP contribution in [0.1, 0.15) is 24.0 Å². The van der Waals surface area contributed by atoms with E-state index in [1.54, 1.807) is 6.07 Å². The van der Waals surface area contributed by atoms with Gasteiger partial charge in [0.25, 0.3) is 10.0 Å². The molecule has 1 aliphatic heterocycles. The number of sulfonamides is 1. The fraction of sp³-hybridized carbons (Fsp3) is 0.217. The predicted octanol–water partition coefficient (Wildman–Crippen LogP) is 3.40. The lowest BCUT2D eigenvalue weighted by atomic mass is 10.0. The van der Waals surface area contributed by atoms with E-state index in [9.17, 15) is 18.0 Å². The summed E-state index contributed by atoms with van der Waals surface area (Å²) >= 11 is 0. The molecule has 2 aliphatic rings. The van der Waals surface area contributed by atoms with Crippen molar-refractivity contribution in [2.75, 3.05) is 16.7 Å². The zero-order chi connectivity index (χ0) is 21.8. The van der Waals surface area contributed by atoms with Crippen LogP contribution < -0.4 is 14.4 Å². The second-order valence-corrected chi connectivity index (χ2v) is 9.36. The smallest absolute Gasteiger partial charge is 0.261 e. The SMILES string of the molecule is COc1ccc(S(=O)(=O)Nc2ccc3c4c(cccc24)CC3)cc1N1C(=O)CCC1=O. The van der Waals surface area contributed by atoms with Crippen LogP contribution in [0.4, 0.5) is 11.4 Å². The molecule has 0 radical (unpaired) electrons. The topological polar surface area (TPSA) is 92.8 Å². The van der Waals surface area contributed by atoms with Crippen LogP contribution in [0.5, 0.6) is 5.75 Å². The van der Waals surface area contributed by atoms with Gasteiger partial charge < -0.3 is 4.74 Å². The maximum atomic E-state index is 13.2. The summed E-state index contributed by atoms with van der Waals surface area (Å²) in [5.41, 5.74) is 3.06. The van der Waals surface area contributed by atoms with Crippen molar-refractivity contribution in [3.63, 3.8) is 0 Å². The highest BCUT2D eigenvalue weighted by Gasteiger charge is 2.33. The van der Waals surface area contributed by atoms with E-state index in [1.165, 1.54) is 36.4 Å². The fourth-order valence-corrected chi connectivity index (χ4v) is 5.50. The Bertz CT molecular complexity index is 1340. The molecule has 0 saturated carbocycles. The first-order chi connectivity index (χ1) is 14.9. The van der Waals surface area contributed by atoms with Gasteiger partial charge in [0.1, 0.15) is 5.75 Å². The lowest BCUT2D eigenvalue weighted by molar-refractivity contribution is -0.121. The van der Waals surface area contributed by atoms with Crippen LogP contribution in [-0.4, -0.2) is 27.3 Å². The van der Waals surface area contributed by atoms with Crippen LogP contribution in [0, 0.1) is 0 Å². The third kappa shape index (κ3) is 3.14. The number of nitrogens with zero attached hydrogens (tertiary/aromatic N) is 1. The Balaban J connectivity index is 1.57. The van der Waals surface area contributed by atoms with E-state index in [0.717, 1.165) is 28.5 Å². The third-order valence-corrected chi connectivity index (χ3v) is 7.24. The molecule has 5 rings (SSSR count). The number of rotatable bonds is 5. The van der Waals surface area contributed by atoms with Gasteiger partial charge in [-0.15, -0.1) is 0 Å². The van der Waals surface area contributed by atoms with E-state index in [-0.39, 0.29) is 41.0 Å². The first-order valence-electron chi connectivity index (χ1n) is 9.99. The van der Waals surface area contributed by atoms with Gasteiger partial charge in [-0.25, -0.2) is 13.3 Å². The number of ether oxygens (including phenoxy) is 1. The van der Waals surface area contributed by atoms with Gasteiger partial charge >= 0.3 is 0 Å². The van der Waals surface area contributed by atoms with Crippen LogP contribution in [0.15, 0.2) is 53.4 Å². The Hall–Kier alpha value is -3.39. The van der Waals surface area contributed by atoms with Crippen molar-refractivity contribution in [3.05, 3.63) is 59.7 Å². The summed E-state index contributed by atoms with van der Waals surface area (Å²) in [5.74, 6) is -0.496. The summed E-state index contributed by atoms with van der Waals surface area (Å²) in [5, 5.41) is 1.96. The lowest BCUT2D eigenvalue weighted by Gasteiger charge is -2.19. The molecule has 0 unspecified atom stereocenters. The number of anilines is 2. The number of amides is 2. The van der Waals surface area contributed by atoms with Crippen molar-refractivity contribution < 1.29 is 22.7 Å². The Morgan fingerprint density at radius 3 is 2.32 bits per heavy atom. The first kappa shape index (κ1) is 19.6. The van der Waals surface area contributed by atoms with Crippen LogP contribution >= 0.6 is 0 Å². The minimum absolute atomic E-state index is 0.0564. The van der Waals surface area contributed by atoms with Crippen LogP contribution in [-0.2, 0) is 32.5 Å². The average molecular weight is 436 g/mol. The van der Waals surface area contributed by atoms with E-state index < -0.39 is 10.0 Å². The molecular formula is C23H20N2O5S. The van der Waals surface area contributed by atoms with E-state index >= 15 is 0 Å². The molecule has 7 nitrogen and oxygen atoms in total. The summed E-state index contributed by atoms with van der Waals surface area (Å²) in [6.07, 6.45) is 2.08. The Morgan fingerprint density at radius 1 is 0.903 bits per heavy atom. The van der Waals surface area contributed by atoms with Crippen molar-refractivity contribution >= 4 is 44.0 Å². The molecule has 1 saturated heterocycles. The van der Waals surface area contributed by atoms with Gasteiger partial charge in [-0.3, -0.25) is 14.3 Å². The second kappa shape index (κ2) is 7.09. The highest BCUT2D eigenvalue weighted by molar-refractivity contribution is 7.92.